The summed E-state index contributed by atoms with van der Waals surface area (Å²) in [7, 11) is 1.75. The molecule has 0 saturated carbocycles. The highest BCUT2D eigenvalue weighted by Gasteiger charge is 2.22. The molecule has 0 spiro atoms. The number of benzene rings is 1. The first-order chi connectivity index (χ1) is 13.6. The zero-order chi connectivity index (χ0) is 19.9. The number of hydrogen-bond donors (Lipinski definition) is 2. The molecular weight excluding hydrogens is 354 g/mol. The molecule has 7 heteroatoms. The molecule has 1 amide bonds. The van der Waals surface area contributed by atoms with E-state index in [2.05, 4.69) is 25.5 Å². The van der Waals surface area contributed by atoms with Crippen molar-refractivity contribution < 1.29 is 9.53 Å². The van der Waals surface area contributed by atoms with E-state index in [1.807, 2.05) is 44.2 Å². The molecule has 1 aromatic carbocycles. The van der Waals surface area contributed by atoms with E-state index in [1.54, 1.807) is 7.11 Å². The average molecular weight is 383 g/mol. The third-order valence-corrected chi connectivity index (χ3v) is 4.86. The molecule has 0 bridgehead atoms. The normalized spacial score (nSPS) is 16.2. The molecule has 1 aliphatic rings. The minimum atomic E-state index is -0.105. The van der Waals surface area contributed by atoms with Crippen LogP contribution in [0.2, 0.25) is 0 Å². The third kappa shape index (κ3) is 5.19. The fourth-order valence-corrected chi connectivity index (χ4v) is 3.53. The Bertz CT molecular complexity index is 794. The van der Waals surface area contributed by atoms with Crippen molar-refractivity contribution in [3.05, 3.63) is 47.4 Å². The van der Waals surface area contributed by atoms with Crippen LogP contribution in [0, 0.1) is 12.8 Å². The van der Waals surface area contributed by atoms with Crippen LogP contribution < -0.4 is 15.5 Å². The molecular formula is C21H29N5O2. The van der Waals surface area contributed by atoms with Crippen molar-refractivity contribution in [3.63, 3.8) is 0 Å². The summed E-state index contributed by atoms with van der Waals surface area (Å²) in [6.07, 6.45) is 1.14. The Morgan fingerprint density at radius 2 is 2.07 bits per heavy atom. The number of aryl methyl sites for hydroxylation is 1. The third-order valence-electron chi connectivity index (χ3n) is 4.86. The van der Waals surface area contributed by atoms with Crippen molar-refractivity contribution in [1.82, 2.24) is 15.3 Å². The number of nitrogens with one attached hydrogen (secondary N) is 2. The topological polar surface area (TPSA) is 79.4 Å². The van der Waals surface area contributed by atoms with Crippen molar-refractivity contribution in [3.8, 4) is 0 Å². The maximum absolute atomic E-state index is 12.5. The number of nitrogens with zero attached hydrogens (tertiary/aromatic N) is 3. The van der Waals surface area contributed by atoms with Crippen molar-refractivity contribution >= 4 is 17.4 Å². The predicted molar refractivity (Wildman–Crippen MR) is 111 cm³/mol. The van der Waals surface area contributed by atoms with Gasteiger partial charge in [0.15, 0.2) is 0 Å². The van der Waals surface area contributed by atoms with Gasteiger partial charge >= 0.3 is 0 Å². The molecule has 2 N–H and O–H groups in total. The Morgan fingerprint density at radius 1 is 1.29 bits per heavy atom. The Kier molecular flexibility index (Phi) is 6.81. The summed E-state index contributed by atoms with van der Waals surface area (Å²) in [5, 5.41) is 6.11. The van der Waals surface area contributed by atoms with E-state index in [4.69, 9.17) is 4.74 Å². The van der Waals surface area contributed by atoms with Crippen LogP contribution in [0.1, 0.15) is 35.2 Å². The molecule has 3 rings (SSSR count). The zero-order valence-electron chi connectivity index (χ0n) is 16.9. The summed E-state index contributed by atoms with van der Waals surface area (Å²) in [5.74, 6) is 1.94. The standard InChI is InChI=1S/C21H29N5O2/c1-4-22-20-11-18(24-15(2)25-20)12-23-21(27)17-5-7-19(8-6-17)26-10-9-16(13-26)14-28-3/h5-8,11,16H,4,9-10,12-14H2,1-3H3,(H,23,27)(H,22,24,25). The minimum absolute atomic E-state index is 0.105. The molecule has 2 aromatic rings. The summed E-state index contributed by atoms with van der Waals surface area (Å²) in [5.41, 5.74) is 2.58. The quantitative estimate of drug-likeness (QED) is 0.730. The van der Waals surface area contributed by atoms with Crippen LogP contribution in [-0.4, -0.2) is 49.2 Å². The lowest BCUT2D eigenvalue weighted by Gasteiger charge is -2.19. The highest BCUT2D eigenvalue weighted by Crippen LogP contribution is 2.24. The predicted octanol–water partition coefficient (Wildman–Crippen LogP) is 2.62. The molecule has 0 radical (unpaired) electrons. The van der Waals surface area contributed by atoms with Crippen LogP contribution in [0.3, 0.4) is 0 Å². The Balaban J connectivity index is 1.56. The molecule has 150 valence electrons. The first-order valence-corrected chi connectivity index (χ1v) is 9.79. The molecule has 1 atom stereocenters. The number of hydrogen-bond acceptors (Lipinski definition) is 6. The van der Waals surface area contributed by atoms with E-state index in [1.165, 1.54) is 0 Å². The van der Waals surface area contributed by atoms with E-state index in [9.17, 15) is 4.79 Å². The van der Waals surface area contributed by atoms with Gasteiger partial charge in [0.25, 0.3) is 5.91 Å². The van der Waals surface area contributed by atoms with Gasteiger partial charge in [0.2, 0.25) is 0 Å². The first kappa shape index (κ1) is 20.1. The first-order valence-electron chi connectivity index (χ1n) is 9.79. The van der Waals surface area contributed by atoms with Crippen LogP contribution >= 0.6 is 0 Å². The van der Waals surface area contributed by atoms with E-state index in [0.29, 0.717) is 23.9 Å². The summed E-state index contributed by atoms with van der Waals surface area (Å²) in [6.45, 7) is 7.85. The maximum atomic E-state index is 12.5. The van der Waals surface area contributed by atoms with Crippen molar-refractivity contribution in [1.29, 1.82) is 0 Å². The Morgan fingerprint density at radius 3 is 2.79 bits per heavy atom. The molecule has 1 fully saturated rings. The van der Waals surface area contributed by atoms with Gasteiger partial charge in [-0.25, -0.2) is 9.97 Å². The molecule has 7 nitrogen and oxygen atoms in total. The number of carbonyl (C=O) groups is 1. The van der Waals surface area contributed by atoms with Gasteiger partial charge in [-0.1, -0.05) is 0 Å². The summed E-state index contributed by atoms with van der Waals surface area (Å²) >= 11 is 0. The highest BCUT2D eigenvalue weighted by molar-refractivity contribution is 5.94. The van der Waals surface area contributed by atoms with Gasteiger partial charge in [-0.05, 0) is 44.5 Å². The highest BCUT2D eigenvalue weighted by atomic mass is 16.5. The fourth-order valence-electron chi connectivity index (χ4n) is 3.53. The van der Waals surface area contributed by atoms with Crippen molar-refractivity contribution in [2.75, 3.05) is 43.6 Å². The van der Waals surface area contributed by atoms with Gasteiger partial charge < -0.3 is 20.3 Å². The van der Waals surface area contributed by atoms with Gasteiger partial charge in [0.05, 0.1) is 18.8 Å². The number of amides is 1. The number of carbonyl (C=O) groups excluding carboxylic acids is 1. The molecule has 1 aromatic heterocycles. The number of methoxy groups -OCH3 is 1. The van der Waals surface area contributed by atoms with Crippen molar-refractivity contribution in [2.45, 2.75) is 26.8 Å². The van der Waals surface area contributed by atoms with Crippen LogP contribution in [0.25, 0.3) is 0 Å². The molecule has 1 unspecified atom stereocenters. The lowest BCUT2D eigenvalue weighted by Crippen LogP contribution is -2.24. The summed E-state index contributed by atoms with van der Waals surface area (Å²) in [6, 6.07) is 9.65. The Labute approximate surface area is 166 Å². The van der Waals surface area contributed by atoms with Gasteiger partial charge in [-0.15, -0.1) is 0 Å². The van der Waals surface area contributed by atoms with Gasteiger partial charge in [0.1, 0.15) is 11.6 Å². The molecule has 2 heterocycles. The number of aromatic nitrogens is 2. The second-order valence-corrected chi connectivity index (χ2v) is 7.11. The lowest BCUT2D eigenvalue weighted by molar-refractivity contribution is 0.0950. The zero-order valence-corrected chi connectivity index (χ0v) is 16.9. The Hall–Kier alpha value is -2.67. The van der Waals surface area contributed by atoms with Crippen molar-refractivity contribution in [2.24, 2.45) is 5.92 Å². The number of anilines is 2. The largest absolute Gasteiger partial charge is 0.384 e. The maximum Gasteiger partial charge on any atom is 0.251 e. The number of ether oxygens (including phenoxy) is 1. The summed E-state index contributed by atoms with van der Waals surface area (Å²) < 4.78 is 5.26. The van der Waals surface area contributed by atoms with Crippen LogP contribution in [-0.2, 0) is 11.3 Å². The van der Waals surface area contributed by atoms with Gasteiger partial charge in [0, 0.05) is 50.0 Å². The average Bonchev–Trinajstić information content (AvgIpc) is 3.15. The van der Waals surface area contributed by atoms with E-state index in [0.717, 1.165) is 49.9 Å². The molecule has 28 heavy (non-hydrogen) atoms. The fraction of sp³-hybridized carbons (Fsp3) is 0.476. The smallest absolute Gasteiger partial charge is 0.251 e. The van der Waals surface area contributed by atoms with Crippen LogP contribution in [0.15, 0.2) is 30.3 Å². The monoisotopic (exact) mass is 383 g/mol. The minimum Gasteiger partial charge on any atom is -0.384 e. The van der Waals surface area contributed by atoms with Gasteiger partial charge in [-0.3, -0.25) is 4.79 Å². The second-order valence-electron chi connectivity index (χ2n) is 7.11. The SMILES string of the molecule is CCNc1cc(CNC(=O)c2ccc(N3CCC(COC)C3)cc2)nc(C)n1. The second kappa shape index (κ2) is 9.50. The summed E-state index contributed by atoms with van der Waals surface area (Å²) in [4.78, 5) is 23.5. The van der Waals surface area contributed by atoms with Crippen LogP contribution in [0.5, 0.6) is 0 Å². The van der Waals surface area contributed by atoms with E-state index < -0.39 is 0 Å². The molecule has 1 aliphatic heterocycles. The van der Waals surface area contributed by atoms with Gasteiger partial charge in [-0.2, -0.15) is 0 Å². The van der Waals surface area contributed by atoms with E-state index >= 15 is 0 Å². The number of rotatable bonds is 8. The van der Waals surface area contributed by atoms with Crippen LogP contribution in [0.4, 0.5) is 11.5 Å². The molecule has 1 saturated heterocycles. The lowest BCUT2D eigenvalue weighted by atomic mass is 10.1. The molecule has 0 aliphatic carbocycles. The van der Waals surface area contributed by atoms with E-state index in [-0.39, 0.29) is 5.91 Å².